The maximum Gasteiger partial charge on any atom is 0.291 e. The largest absolute Gasteiger partial charge is 0.339 e. The molecule has 0 aliphatic heterocycles. The molecule has 5 heteroatoms. The number of aromatic nitrogens is 2. The number of hydrogen-bond donors (Lipinski definition) is 2. The summed E-state index contributed by atoms with van der Waals surface area (Å²) in [5, 5.41) is 13.1. The van der Waals surface area contributed by atoms with E-state index in [1.54, 1.807) is 6.20 Å². The zero-order valence-corrected chi connectivity index (χ0v) is 18.9. The second-order valence-corrected chi connectivity index (χ2v) is 9.85. The third-order valence-electron chi connectivity index (χ3n) is 7.00. The number of H-pyrrole nitrogens is 1. The SMILES string of the molecule is C#Cc1c[nH]c(C(=O)Nc2ccc(C3(C#N)CCCCC3)cc2C2=CCC(C)(C)CC2)n1. The molecule has 0 bridgehead atoms. The Bertz CT molecular complexity index is 1130. The predicted octanol–water partition coefficient (Wildman–Crippen LogP) is 5.96. The van der Waals surface area contributed by atoms with Crippen molar-refractivity contribution in [3.8, 4) is 18.4 Å². The van der Waals surface area contributed by atoms with E-state index < -0.39 is 5.41 Å². The Hall–Kier alpha value is -3.31. The lowest BCUT2D eigenvalue weighted by Gasteiger charge is -2.33. The van der Waals surface area contributed by atoms with Crippen molar-refractivity contribution >= 4 is 17.2 Å². The molecule has 164 valence electrons. The molecule has 0 saturated heterocycles. The second-order valence-electron chi connectivity index (χ2n) is 9.85. The standard InChI is InChI=1S/C27H30N4O/c1-4-21-17-29-24(30-21)25(32)31-23-9-8-20(27(18-28)12-6-5-7-13-27)16-22(23)19-10-14-26(2,3)15-11-19/h1,8-10,16-17H,5-7,11-15H2,2-3H3,(H,29,30)(H,31,32). The first-order valence-corrected chi connectivity index (χ1v) is 11.4. The summed E-state index contributed by atoms with van der Waals surface area (Å²) in [6.45, 7) is 4.57. The van der Waals surface area contributed by atoms with Crippen molar-refractivity contribution in [1.82, 2.24) is 9.97 Å². The average molecular weight is 427 g/mol. The van der Waals surface area contributed by atoms with E-state index in [4.69, 9.17) is 6.42 Å². The number of aromatic amines is 1. The van der Waals surface area contributed by atoms with Crippen LogP contribution in [0.1, 0.15) is 92.7 Å². The summed E-state index contributed by atoms with van der Waals surface area (Å²) >= 11 is 0. The van der Waals surface area contributed by atoms with Gasteiger partial charge in [-0.2, -0.15) is 5.26 Å². The third kappa shape index (κ3) is 4.34. The number of benzene rings is 1. The van der Waals surface area contributed by atoms with Gasteiger partial charge < -0.3 is 10.3 Å². The number of nitrogens with zero attached hydrogens (tertiary/aromatic N) is 2. The highest BCUT2D eigenvalue weighted by Gasteiger charge is 2.35. The molecule has 32 heavy (non-hydrogen) atoms. The first-order valence-electron chi connectivity index (χ1n) is 11.4. The molecule has 1 aromatic heterocycles. The van der Waals surface area contributed by atoms with Gasteiger partial charge in [0.25, 0.3) is 5.91 Å². The summed E-state index contributed by atoms with van der Waals surface area (Å²) < 4.78 is 0. The van der Waals surface area contributed by atoms with E-state index in [9.17, 15) is 10.1 Å². The smallest absolute Gasteiger partial charge is 0.291 e. The van der Waals surface area contributed by atoms with E-state index in [-0.39, 0.29) is 17.1 Å². The molecule has 0 radical (unpaired) electrons. The number of allylic oxidation sites excluding steroid dienone is 2. The Morgan fingerprint density at radius 1 is 1.22 bits per heavy atom. The monoisotopic (exact) mass is 426 g/mol. The van der Waals surface area contributed by atoms with Crippen LogP contribution < -0.4 is 5.32 Å². The van der Waals surface area contributed by atoms with Crippen molar-refractivity contribution in [2.75, 3.05) is 5.32 Å². The molecule has 1 fully saturated rings. The van der Waals surface area contributed by atoms with E-state index in [0.29, 0.717) is 5.69 Å². The lowest BCUT2D eigenvalue weighted by molar-refractivity contribution is 0.101. The predicted molar refractivity (Wildman–Crippen MR) is 127 cm³/mol. The van der Waals surface area contributed by atoms with Crippen molar-refractivity contribution in [1.29, 1.82) is 5.26 Å². The van der Waals surface area contributed by atoms with Gasteiger partial charge in [-0.15, -0.1) is 6.42 Å². The summed E-state index contributed by atoms with van der Waals surface area (Å²) in [6, 6.07) is 8.73. The van der Waals surface area contributed by atoms with Crippen LogP contribution in [0, 0.1) is 29.1 Å². The average Bonchev–Trinajstić information content (AvgIpc) is 3.29. The maximum absolute atomic E-state index is 12.8. The number of rotatable bonds is 4. The van der Waals surface area contributed by atoms with Gasteiger partial charge in [0.15, 0.2) is 5.82 Å². The van der Waals surface area contributed by atoms with Crippen molar-refractivity contribution in [3.05, 3.63) is 53.1 Å². The van der Waals surface area contributed by atoms with Gasteiger partial charge >= 0.3 is 0 Å². The lowest BCUT2D eigenvalue weighted by Crippen LogP contribution is -2.27. The normalized spacial score (nSPS) is 19.3. The molecule has 1 amide bonds. The Balaban J connectivity index is 1.72. The summed E-state index contributed by atoms with van der Waals surface area (Å²) in [6.07, 6.45) is 17.4. The van der Waals surface area contributed by atoms with Gasteiger partial charge in [-0.1, -0.05) is 45.3 Å². The molecule has 2 aliphatic rings. The zero-order valence-electron chi connectivity index (χ0n) is 18.9. The van der Waals surface area contributed by atoms with E-state index in [1.165, 1.54) is 12.0 Å². The lowest BCUT2D eigenvalue weighted by atomic mass is 9.69. The zero-order chi connectivity index (χ0) is 22.8. The van der Waals surface area contributed by atoms with E-state index >= 15 is 0 Å². The van der Waals surface area contributed by atoms with Gasteiger partial charge in [-0.25, -0.2) is 4.98 Å². The Kier molecular flexibility index (Phi) is 5.94. The Morgan fingerprint density at radius 3 is 2.62 bits per heavy atom. The molecule has 2 aromatic rings. The fraction of sp³-hybridized carbons (Fsp3) is 0.444. The van der Waals surface area contributed by atoms with Gasteiger partial charge in [-0.05, 0) is 66.7 Å². The number of terminal acetylenes is 1. The number of anilines is 1. The summed E-state index contributed by atoms with van der Waals surface area (Å²) in [7, 11) is 0. The fourth-order valence-electron chi connectivity index (χ4n) is 4.85. The highest BCUT2D eigenvalue weighted by Crippen LogP contribution is 2.44. The number of amides is 1. The highest BCUT2D eigenvalue weighted by molar-refractivity contribution is 6.03. The molecule has 0 unspecified atom stereocenters. The van der Waals surface area contributed by atoms with E-state index in [2.05, 4.69) is 53.3 Å². The molecule has 2 aliphatic carbocycles. The summed E-state index contributed by atoms with van der Waals surface area (Å²) in [5.41, 5.74) is 4.29. The quantitative estimate of drug-likeness (QED) is 0.592. The van der Waals surface area contributed by atoms with Crippen LogP contribution in [0.3, 0.4) is 0 Å². The van der Waals surface area contributed by atoms with Crippen molar-refractivity contribution in [2.45, 2.75) is 70.6 Å². The number of nitrogens with one attached hydrogen (secondary N) is 2. The minimum Gasteiger partial charge on any atom is -0.339 e. The number of hydrogen-bond acceptors (Lipinski definition) is 3. The van der Waals surface area contributed by atoms with Crippen molar-refractivity contribution in [3.63, 3.8) is 0 Å². The van der Waals surface area contributed by atoms with Gasteiger partial charge in [0, 0.05) is 17.4 Å². The van der Waals surface area contributed by atoms with Crippen LogP contribution in [0.25, 0.3) is 5.57 Å². The third-order valence-corrected chi connectivity index (χ3v) is 7.00. The molecule has 0 spiro atoms. The van der Waals surface area contributed by atoms with Crippen molar-refractivity contribution < 1.29 is 4.79 Å². The first-order chi connectivity index (χ1) is 15.4. The van der Waals surface area contributed by atoms with Gasteiger partial charge in [0.05, 0.1) is 11.5 Å². The number of nitriles is 1. The topological polar surface area (TPSA) is 81.6 Å². The van der Waals surface area contributed by atoms with Crippen LogP contribution in [0.4, 0.5) is 5.69 Å². The summed E-state index contributed by atoms with van der Waals surface area (Å²) in [4.78, 5) is 19.8. The van der Waals surface area contributed by atoms with Crippen LogP contribution in [0.5, 0.6) is 0 Å². The van der Waals surface area contributed by atoms with Crippen LogP contribution in [-0.2, 0) is 5.41 Å². The van der Waals surface area contributed by atoms with Crippen LogP contribution >= 0.6 is 0 Å². The van der Waals surface area contributed by atoms with Gasteiger partial charge in [0.2, 0.25) is 0 Å². The molecular weight excluding hydrogens is 396 g/mol. The Labute approximate surface area is 190 Å². The number of imidazole rings is 1. The molecule has 1 aromatic carbocycles. The minimum atomic E-state index is -0.438. The summed E-state index contributed by atoms with van der Waals surface area (Å²) in [5.74, 6) is 2.29. The molecule has 2 N–H and O–H groups in total. The van der Waals surface area contributed by atoms with Crippen LogP contribution in [0.2, 0.25) is 0 Å². The molecule has 1 saturated carbocycles. The maximum atomic E-state index is 12.8. The highest BCUT2D eigenvalue weighted by atomic mass is 16.2. The van der Waals surface area contributed by atoms with E-state index in [0.717, 1.165) is 61.8 Å². The van der Waals surface area contributed by atoms with Crippen LogP contribution in [-0.4, -0.2) is 15.9 Å². The van der Waals surface area contributed by atoms with Crippen LogP contribution in [0.15, 0.2) is 30.5 Å². The molecule has 0 atom stereocenters. The molecule has 1 heterocycles. The second kappa shape index (κ2) is 8.67. The Morgan fingerprint density at radius 2 is 2.00 bits per heavy atom. The van der Waals surface area contributed by atoms with Gasteiger partial charge in [-0.3, -0.25) is 4.79 Å². The minimum absolute atomic E-state index is 0.188. The van der Waals surface area contributed by atoms with Gasteiger partial charge in [0.1, 0.15) is 5.69 Å². The number of carbonyl (C=O) groups is 1. The molecule has 5 nitrogen and oxygen atoms in total. The first kappa shape index (κ1) is 21.9. The number of carbonyl (C=O) groups excluding carboxylic acids is 1. The van der Waals surface area contributed by atoms with E-state index in [1.807, 2.05) is 12.1 Å². The fourth-order valence-corrected chi connectivity index (χ4v) is 4.85. The molecule has 4 rings (SSSR count). The molecular formula is C27H30N4O. The van der Waals surface area contributed by atoms with Crippen molar-refractivity contribution in [2.24, 2.45) is 5.41 Å².